The average molecular weight is 249 g/mol. The first kappa shape index (κ1) is 12.5. The maximum absolute atomic E-state index is 12.3. The first-order chi connectivity index (χ1) is 8.18. The van der Waals surface area contributed by atoms with E-state index in [2.05, 4.69) is 12.6 Å². The van der Waals surface area contributed by atoms with Gasteiger partial charge in [0.15, 0.2) is 0 Å². The van der Waals surface area contributed by atoms with Gasteiger partial charge in [0.2, 0.25) is 0 Å². The van der Waals surface area contributed by atoms with Crippen LogP contribution in [0.4, 0.5) is 0 Å². The molecule has 1 amide bonds. The molecule has 3 heteroatoms. The summed E-state index contributed by atoms with van der Waals surface area (Å²) in [5.74, 6) is 0.130. The SMILES string of the molecule is CN(C(=O)c1ccc(S)cc1)C1CCCCC1. The maximum atomic E-state index is 12.3. The van der Waals surface area contributed by atoms with Crippen LogP contribution in [0.5, 0.6) is 0 Å². The van der Waals surface area contributed by atoms with Crippen LogP contribution < -0.4 is 0 Å². The number of hydrogen-bond acceptors (Lipinski definition) is 2. The summed E-state index contributed by atoms with van der Waals surface area (Å²) in [5, 5.41) is 0. The zero-order valence-corrected chi connectivity index (χ0v) is 11.1. The lowest BCUT2D eigenvalue weighted by atomic mass is 9.94. The Hall–Kier alpha value is -0.960. The van der Waals surface area contributed by atoms with Gasteiger partial charge < -0.3 is 4.90 Å². The zero-order valence-electron chi connectivity index (χ0n) is 10.2. The summed E-state index contributed by atoms with van der Waals surface area (Å²) in [6.07, 6.45) is 6.10. The molecule has 1 fully saturated rings. The van der Waals surface area contributed by atoms with Crippen LogP contribution in [0, 0.1) is 0 Å². The van der Waals surface area contributed by atoms with Crippen molar-refractivity contribution in [1.82, 2.24) is 4.90 Å². The molecule has 1 aliphatic rings. The van der Waals surface area contributed by atoms with Crippen molar-refractivity contribution < 1.29 is 4.79 Å². The Labute approximate surface area is 108 Å². The molecule has 0 spiro atoms. The largest absolute Gasteiger partial charge is 0.339 e. The fraction of sp³-hybridized carbons (Fsp3) is 0.500. The van der Waals surface area contributed by atoms with E-state index in [1.807, 2.05) is 36.2 Å². The first-order valence-corrected chi connectivity index (χ1v) is 6.69. The van der Waals surface area contributed by atoms with Crippen molar-refractivity contribution in [2.24, 2.45) is 0 Å². The van der Waals surface area contributed by atoms with E-state index < -0.39 is 0 Å². The van der Waals surface area contributed by atoms with Gasteiger partial charge in [0.25, 0.3) is 5.91 Å². The van der Waals surface area contributed by atoms with Crippen LogP contribution in [0.15, 0.2) is 29.2 Å². The van der Waals surface area contributed by atoms with Crippen molar-refractivity contribution in [1.29, 1.82) is 0 Å². The molecule has 0 bridgehead atoms. The molecule has 0 N–H and O–H groups in total. The van der Waals surface area contributed by atoms with Crippen LogP contribution in [0.3, 0.4) is 0 Å². The highest BCUT2D eigenvalue weighted by Crippen LogP contribution is 2.23. The van der Waals surface area contributed by atoms with Gasteiger partial charge in [-0.2, -0.15) is 0 Å². The van der Waals surface area contributed by atoms with Gasteiger partial charge in [-0.15, -0.1) is 12.6 Å². The van der Waals surface area contributed by atoms with Gasteiger partial charge in [0, 0.05) is 23.5 Å². The fourth-order valence-electron chi connectivity index (χ4n) is 2.44. The quantitative estimate of drug-likeness (QED) is 0.797. The van der Waals surface area contributed by atoms with E-state index in [-0.39, 0.29) is 5.91 Å². The predicted octanol–water partition coefficient (Wildman–Crippen LogP) is 3.38. The molecular formula is C14H19NOS. The lowest BCUT2D eigenvalue weighted by molar-refractivity contribution is 0.0696. The molecule has 2 nitrogen and oxygen atoms in total. The van der Waals surface area contributed by atoms with Crippen LogP contribution in [0.1, 0.15) is 42.5 Å². The maximum Gasteiger partial charge on any atom is 0.253 e. The molecule has 1 aliphatic carbocycles. The average Bonchev–Trinajstić information content (AvgIpc) is 2.39. The van der Waals surface area contributed by atoms with E-state index in [0.717, 1.165) is 23.3 Å². The second kappa shape index (κ2) is 5.58. The van der Waals surface area contributed by atoms with E-state index in [1.165, 1.54) is 19.3 Å². The van der Waals surface area contributed by atoms with E-state index in [9.17, 15) is 4.79 Å². The molecule has 0 atom stereocenters. The van der Waals surface area contributed by atoms with Crippen molar-refractivity contribution in [3.8, 4) is 0 Å². The Bertz CT molecular complexity index is 382. The molecule has 17 heavy (non-hydrogen) atoms. The molecule has 0 heterocycles. The van der Waals surface area contributed by atoms with Gasteiger partial charge in [-0.3, -0.25) is 4.79 Å². The number of thiol groups is 1. The highest BCUT2D eigenvalue weighted by Gasteiger charge is 2.22. The van der Waals surface area contributed by atoms with Gasteiger partial charge >= 0.3 is 0 Å². The molecule has 1 saturated carbocycles. The number of amides is 1. The number of carbonyl (C=O) groups excluding carboxylic acids is 1. The number of nitrogens with zero attached hydrogens (tertiary/aromatic N) is 1. The minimum atomic E-state index is 0.130. The van der Waals surface area contributed by atoms with Crippen molar-refractivity contribution >= 4 is 18.5 Å². The minimum Gasteiger partial charge on any atom is -0.339 e. The Morgan fingerprint density at radius 1 is 1.18 bits per heavy atom. The number of benzene rings is 1. The Kier molecular flexibility index (Phi) is 4.11. The number of rotatable bonds is 2. The third kappa shape index (κ3) is 3.03. The summed E-state index contributed by atoms with van der Waals surface area (Å²) in [4.78, 5) is 15.1. The van der Waals surface area contributed by atoms with E-state index >= 15 is 0 Å². The van der Waals surface area contributed by atoms with Gasteiger partial charge in [-0.05, 0) is 37.1 Å². The summed E-state index contributed by atoms with van der Waals surface area (Å²) in [6, 6.07) is 7.86. The lowest BCUT2D eigenvalue weighted by Gasteiger charge is -2.31. The highest BCUT2D eigenvalue weighted by molar-refractivity contribution is 7.80. The first-order valence-electron chi connectivity index (χ1n) is 6.24. The Morgan fingerprint density at radius 3 is 2.35 bits per heavy atom. The summed E-state index contributed by atoms with van der Waals surface area (Å²) in [5.41, 5.74) is 0.760. The van der Waals surface area contributed by atoms with Crippen molar-refractivity contribution in [2.45, 2.75) is 43.0 Å². The zero-order chi connectivity index (χ0) is 12.3. The molecule has 0 aliphatic heterocycles. The normalized spacial score (nSPS) is 16.8. The molecule has 0 radical (unpaired) electrons. The second-order valence-electron chi connectivity index (χ2n) is 4.75. The van der Waals surface area contributed by atoms with Crippen molar-refractivity contribution in [2.75, 3.05) is 7.05 Å². The summed E-state index contributed by atoms with van der Waals surface area (Å²) < 4.78 is 0. The molecule has 0 aromatic heterocycles. The second-order valence-corrected chi connectivity index (χ2v) is 5.27. The summed E-state index contributed by atoms with van der Waals surface area (Å²) in [6.45, 7) is 0. The van der Waals surface area contributed by atoms with E-state index in [4.69, 9.17) is 0 Å². The van der Waals surface area contributed by atoms with Gasteiger partial charge in [-0.25, -0.2) is 0 Å². The van der Waals surface area contributed by atoms with Gasteiger partial charge in [-0.1, -0.05) is 19.3 Å². The third-order valence-electron chi connectivity index (χ3n) is 3.56. The molecule has 1 aromatic rings. The smallest absolute Gasteiger partial charge is 0.253 e. The van der Waals surface area contributed by atoms with Crippen molar-refractivity contribution in [3.05, 3.63) is 29.8 Å². The van der Waals surface area contributed by atoms with Gasteiger partial charge in [0.05, 0.1) is 0 Å². The monoisotopic (exact) mass is 249 g/mol. The van der Waals surface area contributed by atoms with E-state index in [0.29, 0.717) is 6.04 Å². The number of carbonyl (C=O) groups is 1. The summed E-state index contributed by atoms with van der Waals surface area (Å²) >= 11 is 4.23. The number of hydrogen-bond donors (Lipinski definition) is 1. The standard InChI is InChI=1S/C14H19NOS/c1-15(12-5-3-2-4-6-12)14(16)11-7-9-13(17)10-8-11/h7-10,12,17H,2-6H2,1H3. The van der Waals surface area contributed by atoms with Crippen LogP contribution in [-0.2, 0) is 0 Å². The van der Waals surface area contributed by atoms with Gasteiger partial charge in [0.1, 0.15) is 0 Å². The van der Waals surface area contributed by atoms with E-state index in [1.54, 1.807) is 0 Å². The van der Waals surface area contributed by atoms with Crippen LogP contribution in [0.25, 0.3) is 0 Å². The molecule has 0 saturated heterocycles. The third-order valence-corrected chi connectivity index (χ3v) is 3.86. The predicted molar refractivity (Wildman–Crippen MR) is 72.7 cm³/mol. The molecule has 0 unspecified atom stereocenters. The fourth-order valence-corrected chi connectivity index (χ4v) is 2.59. The Morgan fingerprint density at radius 2 is 1.76 bits per heavy atom. The molecule has 92 valence electrons. The molecular weight excluding hydrogens is 230 g/mol. The minimum absolute atomic E-state index is 0.130. The molecule has 1 aromatic carbocycles. The molecule has 2 rings (SSSR count). The van der Waals surface area contributed by atoms with Crippen LogP contribution >= 0.6 is 12.6 Å². The summed E-state index contributed by atoms with van der Waals surface area (Å²) in [7, 11) is 1.92. The Balaban J connectivity index is 2.05. The van der Waals surface area contributed by atoms with Crippen LogP contribution in [0.2, 0.25) is 0 Å². The van der Waals surface area contributed by atoms with Crippen LogP contribution in [-0.4, -0.2) is 23.9 Å². The topological polar surface area (TPSA) is 20.3 Å². The van der Waals surface area contributed by atoms with Crippen molar-refractivity contribution in [3.63, 3.8) is 0 Å². The lowest BCUT2D eigenvalue weighted by Crippen LogP contribution is -2.38. The highest BCUT2D eigenvalue weighted by atomic mass is 32.1.